The number of aliphatic hydroxyl groups excluding tert-OH is 1. The Bertz CT molecular complexity index is 976. The highest BCUT2D eigenvalue weighted by Crippen LogP contribution is 2.40. The highest BCUT2D eigenvalue weighted by Gasteiger charge is 2.46. The summed E-state index contributed by atoms with van der Waals surface area (Å²) in [5, 5.41) is 11.5. The SMILES string of the molecule is COc1ccc(Cl)cc1C(O)=C1C(=O)C(=O)N(CCCN(C)C)[C@@H]1c1ccccn1. The maximum absolute atomic E-state index is 13.0. The lowest BCUT2D eigenvalue weighted by atomic mass is 9.98. The zero-order valence-electron chi connectivity index (χ0n) is 17.1. The summed E-state index contributed by atoms with van der Waals surface area (Å²) >= 11 is 6.10. The van der Waals surface area contributed by atoms with Gasteiger partial charge in [0.1, 0.15) is 17.6 Å². The number of likely N-dealkylation sites (tertiary alicyclic amines) is 1. The molecule has 158 valence electrons. The van der Waals surface area contributed by atoms with Gasteiger partial charge in [0.15, 0.2) is 0 Å². The van der Waals surface area contributed by atoms with Gasteiger partial charge in [-0.25, -0.2) is 0 Å². The maximum Gasteiger partial charge on any atom is 0.295 e. The molecule has 1 atom stereocenters. The number of aliphatic hydroxyl groups is 1. The predicted molar refractivity (Wildman–Crippen MR) is 114 cm³/mol. The molecule has 1 aromatic carbocycles. The molecule has 1 fully saturated rings. The molecule has 2 aromatic rings. The number of carbonyl (C=O) groups is 2. The first-order chi connectivity index (χ1) is 14.3. The van der Waals surface area contributed by atoms with Crippen molar-refractivity contribution in [2.24, 2.45) is 0 Å². The second kappa shape index (κ2) is 9.28. The van der Waals surface area contributed by atoms with Crippen molar-refractivity contribution in [1.29, 1.82) is 0 Å². The number of Topliss-reactive ketones (excluding diaryl/α,β-unsaturated/α-hetero) is 1. The first kappa shape index (κ1) is 21.8. The molecule has 1 saturated heterocycles. The van der Waals surface area contributed by atoms with Crippen LogP contribution in [-0.2, 0) is 9.59 Å². The van der Waals surface area contributed by atoms with Crippen molar-refractivity contribution < 1.29 is 19.4 Å². The Hall–Kier alpha value is -2.90. The maximum atomic E-state index is 13.0. The molecule has 0 bridgehead atoms. The molecule has 1 N–H and O–H groups in total. The van der Waals surface area contributed by atoms with E-state index >= 15 is 0 Å². The Kier molecular flexibility index (Phi) is 6.74. The molecule has 1 aromatic heterocycles. The molecule has 30 heavy (non-hydrogen) atoms. The summed E-state index contributed by atoms with van der Waals surface area (Å²) in [6.07, 6.45) is 2.26. The first-order valence-corrected chi connectivity index (χ1v) is 9.91. The summed E-state index contributed by atoms with van der Waals surface area (Å²) in [5.41, 5.74) is 0.727. The predicted octanol–water partition coefficient (Wildman–Crippen LogP) is 3.12. The van der Waals surface area contributed by atoms with E-state index in [-0.39, 0.29) is 16.9 Å². The molecule has 0 unspecified atom stereocenters. The Labute approximate surface area is 180 Å². The number of benzene rings is 1. The third-order valence-electron chi connectivity index (χ3n) is 4.93. The van der Waals surface area contributed by atoms with Crippen LogP contribution in [0.2, 0.25) is 5.02 Å². The van der Waals surface area contributed by atoms with Crippen molar-refractivity contribution in [3.63, 3.8) is 0 Å². The second-order valence-corrected chi connectivity index (χ2v) is 7.68. The average Bonchev–Trinajstić information content (AvgIpc) is 2.98. The zero-order chi connectivity index (χ0) is 21.8. The van der Waals surface area contributed by atoms with E-state index < -0.39 is 17.7 Å². The Balaban J connectivity index is 2.13. The van der Waals surface area contributed by atoms with Crippen LogP contribution in [0.4, 0.5) is 0 Å². The van der Waals surface area contributed by atoms with Gasteiger partial charge in [-0.05, 0) is 57.4 Å². The molecule has 1 aliphatic heterocycles. The summed E-state index contributed by atoms with van der Waals surface area (Å²) in [6, 6.07) is 9.19. The number of methoxy groups -OCH3 is 1. The fourth-order valence-corrected chi connectivity index (χ4v) is 3.70. The van der Waals surface area contributed by atoms with E-state index in [4.69, 9.17) is 16.3 Å². The van der Waals surface area contributed by atoms with Crippen LogP contribution in [0, 0.1) is 0 Å². The summed E-state index contributed by atoms with van der Waals surface area (Å²) in [5.74, 6) is -1.41. The molecule has 0 spiro atoms. The highest BCUT2D eigenvalue weighted by molar-refractivity contribution is 6.46. The quantitative estimate of drug-likeness (QED) is 0.413. The molecule has 1 aliphatic rings. The largest absolute Gasteiger partial charge is 0.507 e. The normalized spacial score (nSPS) is 18.3. The van der Waals surface area contributed by atoms with Crippen molar-refractivity contribution in [3.8, 4) is 5.75 Å². The Morgan fingerprint density at radius 2 is 2.03 bits per heavy atom. The van der Waals surface area contributed by atoms with Crippen LogP contribution in [0.3, 0.4) is 0 Å². The van der Waals surface area contributed by atoms with Crippen molar-refractivity contribution in [3.05, 3.63) is 64.4 Å². The molecule has 8 heteroatoms. The third kappa shape index (κ3) is 4.32. The average molecular weight is 430 g/mol. The van der Waals surface area contributed by atoms with E-state index in [1.165, 1.54) is 18.1 Å². The fourth-order valence-electron chi connectivity index (χ4n) is 3.52. The van der Waals surface area contributed by atoms with Crippen LogP contribution in [0.15, 0.2) is 48.2 Å². The van der Waals surface area contributed by atoms with Gasteiger partial charge in [-0.3, -0.25) is 14.6 Å². The number of halogens is 1. The minimum atomic E-state index is -0.794. The second-order valence-electron chi connectivity index (χ2n) is 7.25. The van der Waals surface area contributed by atoms with Gasteiger partial charge in [-0.2, -0.15) is 0 Å². The minimum Gasteiger partial charge on any atom is -0.507 e. The third-order valence-corrected chi connectivity index (χ3v) is 5.16. The monoisotopic (exact) mass is 429 g/mol. The summed E-state index contributed by atoms with van der Waals surface area (Å²) < 4.78 is 5.32. The van der Waals surface area contributed by atoms with E-state index in [1.54, 1.807) is 36.5 Å². The number of pyridine rings is 1. The number of aromatic nitrogens is 1. The topological polar surface area (TPSA) is 83.0 Å². The molecule has 2 heterocycles. The number of ether oxygens (including phenoxy) is 1. The van der Waals surface area contributed by atoms with Gasteiger partial charge in [0, 0.05) is 17.8 Å². The zero-order valence-corrected chi connectivity index (χ0v) is 17.9. The number of hydrogen-bond acceptors (Lipinski definition) is 6. The number of ketones is 1. The number of rotatable bonds is 7. The van der Waals surface area contributed by atoms with E-state index in [0.717, 1.165) is 6.54 Å². The molecule has 0 saturated carbocycles. The van der Waals surface area contributed by atoms with E-state index in [1.807, 2.05) is 19.0 Å². The van der Waals surface area contributed by atoms with Crippen molar-refractivity contribution >= 4 is 29.1 Å². The van der Waals surface area contributed by atoms with Gasteiger partial charge in [0.25, 0.3) is 11.7 Å². The van der Waals surface area contributed by atoms with E-state index in [0.29, 0.717) is 29.4 Å². The smallest absolute Gasteiger partial charge is 0.295 e. The molecule has 3 rings (SSSR count). The van der Waals surface area contributed by atoms with Crippen molar-refractivity contribution in [1.82, 2.24) is 14.8 Å². The van der Waals surface area contributed by atoms with Gasteiger partial charge in [-0.15, -0.1) is 0 Å². The van der Waals surface area contributed by atoms with E-state index in [2.05, 4.69) is 4.98 Å². The molecule has 1 amide bonds. The number of amides is 1. The number of carbonyl (C=O) groups excluding carboxylic acids is 2. The molecule has 0 radical (unpaired) electrons. The first-order valence-electron chi connectivity index (χ1n) is 9.53. The summed E-state index contributed by atoms with van der Waals surface area (Å²) in [7, 11) is 5.33. The van der Waals surface area contributed by atoms with Crippen LogP contribution in [0.25, 0.3) is 5.76 Å². The molecule has 0 aliphatic carbocycles. The molecular formula is C22H24ClN3O4. The lowest BCUT2D eigenvalue weighted by molar-refractivity contribution is -0.140. The minimum absolute atomic E-state index is 0.0240. The standard InChI is InChI=1S/C22H24ClN3O4/c1-25(2)11-6-12-26-19(16-7-4-5-10-24-16)18(21(28)22(26)29)20(27)15-13-14(23)8-9-17(15)30-3/h4-5,7-10,13,19,27H,6,11-12H2,1-3H3/t19-/m1/s1. The Morgan fingerprint density at radius 1 is 1.27 bits per heavy atom. The molecule has 7 nitrogen and oxygen atoms in total. The van der Waals surface area contributed by atoms with Crippen LogP contribution in [0.1, 0.15) is 23.7 Å². The lowest BCUT2D eigenvalue weighted by Gasteiger charge is -2.25. The number of nitrogens with zero attached hydrogens (tertiary/aromatic N) is 3. The van der Waals surface area contributed by atoms with E-state index in [9.17, 15) is 14.7 Å². The van der Waals surface area contributed by atoms with Gasteiger partial charge in [0.2, 0.25) is 0 Å². The fraction of sp³-hybridized carbons (Fsp3) is 0.318. The molecular weight excluding hydrogens is 406 g/mol. The van der Waals surface area contributed by atoms with Crippen LogP contribution >= 0.6 is 11.6 Å². The lowest BCUT2D eigenvalue weighted by Crippen LogP contribution is -2.32. The van der Waals surface area contributed by atoms with Crippen LogP contribution < -0.4 is 4.74 Å². The summed E-state index contributed by atoms with van der Waals surface area (Å²) in [4.78, 5) is 33.7. The number of hydrogen-bond donors (Lipinski definition) is 1. The highest BCUT2D eigenvalue weighted by atomic mass is 35.5. The Morgan fingerprint density at radius 3 is 2.67 bits per heavy atom. The van der Waals surface area contributed by atoms with Crippen LogP contribution in [0.5, 0.6) is 5.75 Å². The van der Waals surface area contributed by atoms with Gasteiger partial charge < -0.3 is 19.6 Å². The van der Waals surface area contributed by atoms with Crippen molar-refractivity contribution in [2.45, 2.75) is 12.5 Å². The van der Waals surface area contributed by atoms with Gasteiger partial charge >= 0.3 is 0 Å². The summed E-state index contributed by atoms with van der Waals surface area (Å²) in [6.45, 7) is 1.10. The van der Waals surface area contributed by atoms with Crippen LogP contribution in [-0.4, -0.2) is 65.9 Å². The van der Waals surface area contributed by atoms with Gasteiger partial charge in [0.05, 0.1) is 23.9 Å². The van der Waals surface area contributed by atoms with Gasteiger partial charge in [-0.1, -0.05) is 17.7 Å². The van der Waals surface area contributed by atoms with Crippen molar-refractivity contribution in [2.75, 3.05) is 34.3 Å².